The molecule has 4 aromatic rings. The first-order chi connectivity index (χ1) is 18.2. The molecule has 0 spiro atoms. The Morgan fingerprint density at radius 2 is 1.34 bits per heavy atom. The molecule has 0 fully saturated rings. The van der Waals surface area contributed by atoms with Crippen molar-refractivity contribution >= 4 is 21.9 Å². The highest BCUT2D eigenvalue weighted by atomic mass is 15.0. The van der Waals surface area contributed by atoms with Gasteiger partial charge in [0.2, 0.25) is 0 Å². The first-order valence-corrected chi connectivity index (χ1v) is 14.6. The van der Waals surface area contributed by atoms with Crippen LogP contribution in [0.5, 0.6) is 0 Å². The van der Waals surface area contributed by atoms with Crippen molar-refractivity contribution in [3.63, 3.8) is 0 Å². The normalized spacial score (nSPS) is 19.1. The summed E-state index contributed by atoms with van der Waals surface area (Å²) in [6.45, 7) is 8.93. The van der Waals surface area contributed by atoms with Gasteiger partial charge in [0.25, 0.3) is 0 Å². The Kier molecular flexibility index (Phi) is 7.70. The number of benzene rings is 1. The van der Waals surface area contributed by atoms with Crippen molar-refractivity contribution in [2.24, 2.45) is 14.1 Å². The zero-order chi connectivity index (χ0) is 27.1. The number of nitrogens with one attached hydrogen (secondary N) is 2. The molecule has 6 rings (SSSR count). The zero-order valence-electron chi connectivity index (χ0n) is 24.8. The topological polar surface area (TPSA) is 46.8 Å². The summed E-state index contributed by atoms with van der Waals surface area (Å²) in [6.07, 6.45) is 7.14. The van der Waals surface area contributed by atoms with E-state index in [1.165, 1.54) is 64.5 Å². The van der Waals surface area contributed by atoms with Crippen molar-refractivity contribution in [1.29, 1.82) is 0 Å². The van der Waals surface area contributed by atoms with Gasteiger partial charge in [0.05, 0.1) is 0 Å². The highest BCUT2D eigenvalue weighted by Gasteiger charge is 2.25. The molecule has 2 aliphatic rings. The summed E-state index contributed by atoms with van der Waals surface area (Å²) in [5.74, 6) is 1.09. The smallest absolute Gasteiger partial charge is 0.140 e. The second-order valence-electron chi connectivity index (χ2n) is 12.1. The molecule has 3 aromatic heterocycles. The molecular formula is C33H47N5. The van der Waals surface area contributed by atoms with Crippen LogP contribution in [0.1, 0.15) is 86.1 Å². The molecule has 2 unspecified atom stereocenters. The van der Waals surface area contributed by atoms with Crippen LogP contribution in [-0.2, 0) is 39.8 Å². The largest absolute Gasteiger partial charge is 0.347 e. The van der Waals surface area contributed by atoms with Gasteiger partial charge in [-0.3, -0.25) is 0 Å². The summed E-state index contributed by atoms with van der Waals surface area (Å²) >= 11 is 0. The van der Waals surface area contributed by atoms with Crippen molar-refractivity contribution in [2.45, 2.75) is 90.1 Å². The molecule has 5 nitrogen and oxygen atoms in total. The molecule has 3 heterocycles. The van der Waals surface area contributed by atoms with Crippen molar-refractivity contribution in [1.82, 2.24) is 24.8 Å². The Balaban J connectivity index is 0.000000155. The van der Waals surface area contributed by atoms with Crippen molar-refractivity contribution in [3.05, 3.63) is 64.1 Å². The Morgan fingerprint density at radius 1 is 0.763 bits per heavy atom. The number of likely N-dealkylation sites (N-methyl/N-ethyl adjacent to an activating group) is 2. The number of nitrogens with zero attached hydrogens (tertiary/aromatic N) is 3. The van der Waals surface area contributed by atoms with E-state index in [-0.39, 0.29) is 0 Å². The van der Waals surface area contributed by atoms with E-state index in [0.717, 1.165) is 18.5 Å². The minimum atomic E-state index is 0.487. The van der Waals surface area contributed by atoms with E-state index >= 15 is 0 Å². The fourth-order valence-corrected chi connectivity index (χ4v) is 6.61. The molecule has 0 aliphatic heterocycles. The van der Waals surface area contributed by atoms with E-state index in [4.69, 9.17) is 4.98 Å². The van der Waals surface area contributed by atoms with Crippen LogP contribution in [-0.4, -0.2) is 40.3 Å². The Labute approximate surface area is 229 Å². The number of rotatable bonds is 4. The number of hydrogen-bond acceptors (Lipinski definition) is 3. The predicted octanol–water partition coefficient (Wildman–Crippen LogP) is 6.15. The molecule has 0 bridgehead atoms. The molecule has 1 aromatic carbocycles. The van der Waals surface area contributed by atoms with Crippen LogP contribution in [0.25, 0.3) is 21.9 Å². The first kappa shape index (κ1) is 27.0. The van der Waals surface area contributed by atoms with Crippen LogP contribution < -0.4 is 10.6 Å². The molecule has 0 radical (unpaired) electrons. The lowest BCUT2D eigenvalue weighted by Crippen LogP contribution is -2.31. The fourth-order valence-electron chi connectivity index (χ4n) is 6.61. The number of aryl methyl sites for hydroxylation is 2. The molecule has 2 aliphatic carbocycles. The quantitative estimate of drug-likeness (QED) is 0.344. The standard InChI is InChI=1S/C17H24N2.C16H23N3/c1-11(2)12-5-7-14-15-10-13(18-3)6-8-16(15)19(4)17(14)9-12;1-10(2)14-7-6-12-13-9-11(17-3)5-8-15(13)19(4)16(12)18-14/h5,7,9,11,13,18H,6,8,10H2,1-4H3;6-7,10-11,17H,5,8-9H2,1-4H3. The molecule has 5 heteroatoms. The van der Waals surface area contributed by atoms with Gasteiger partial charge in [-0.15, -0.1) is 0 Å². The SMILES string of the molecule is CNC1CCc2c(c3ccc(C(C)C)cc3n2C)C1.CNC1CCc2c(c3ccc(C(C)C)nc3n2C)C1. The summed E-state index contributed by atoms with van der Waals surface area (Å²) in [5.41, 5.74) is 11.3. The maximum Gasteiger partial charge on any atom is 0.140 e. The van der Waals surface area contributed by atoms with Gasteiger partial charge < -0.3 is 19.8 Å². The van der Waals surface area contributed by atoms with E-state index in [1.54, 1.807) is 11.3 Å². The highest BCUT2D eigenvalue weighted by molar-refractivity contribution is 5.86. The summed E-state index contributed by atoms with van der Waals surface area (Å²) < 4.78 is 4.73. The minimum Gasteiger partial charge on any atom is -0.347 e. The molecule has 38 heavy (non-hydrogen) atoms. The number of pyridine rings is 1. The lowest BCUT2D eigenvalue weighted by Gasteiger charge is -2.22. The molecule has 0 saturated heterocycles. The van der Waals surface area contributed by atoms with Gasteiger partial charge in [-0.25, -0.2) is 4.98 Å². The summed E-state index contributed by atoms with van der Waals surface area (Å²) in [7, 11) is 8.54. The summed E-state index contributed by atoms with van der Waals surface area (Å²) in [4.78, 5) is 4.87. The van der Waals surface area contributed by atoms with Gasteiger partial charge in [0.15, 0.2) is 0 Å². The third kappa shape index (κ3) is 4.80. The average molecular weight is 514 g/mol. The predicted molar refractivity (Wildman–Crippen MR) is 162 cm³/mol. The number of hydrogen-bond donors (Lipinski definition) is 2. The van der Waals surface area contributed by atoms with Gasteiger partial charge in [0, 0.05) is 59.5 Å². The van der Waals surface area contributed by atoms with Crippen LogP contribution in [0.2, 0.25) is 0 Å². The summed E-state index contributed by atoms with van der Waals surface area (Å²) in [6, 6.07) is 12.7. The average Bonchev–Trinajstić information content (AvgIpc) is 3.38. The number of fused-ring (bicyclic) bond motifs is 6. The van der Waals surface area contributed by atoms with Gasteiger partial charge >= 0.3 is 0 Å². The maximum atomic E-state index is 4.87. The second-order valence-corrected chi connectivity index (χ2v) is 12.1. The van der Waals surface area contributed by atoms with E-state index in [2.05, 4.69) is 106 Å². The highest BCUT2D eigenvalue weighted by Crippen LogP contribution is 2.34. The van der Waals surface area contributed by atoms with Crippen LogP contribution >= 0.6 is 0 Å². The number of aromatic nitrogens is 3. The van der Waals surface area contributed by atoms with E-state index in [9.17, 15) is 0 Å². The van der Waals surface area contributed by atoms with Gasteiger partial charge in [-0.05, 0) is 99.3 Å². The molecule has 2 atom stereocenters. The van der Waals surface area contributed by atoms with E-state index in [1.807, 2.05) is 0 Å². The van der Waals surface area contributed by atoms with Crippen LogP contribution in [0.15, 0.2) is 30.3 Å². The lowest BCUT2D eigenvalue weighted by atomic mass is 9.91. The van der Waals surface area contributed by atoms with Gasteiger partial charge in [-0.1, -0.05) is 39.8 Å². The van der Waals surface area contributed by atoms with Crippen molar-refractivity contribution < 1.29 is 0 Å². The minimum absolute atomic E-state index is 0.487. The van der Waals surface area contributed by atoms with Crippen molar-refractivity contribution in [3.8, 4) is 0 Å². The molecule has 0 amide bonds. The third-order valence-electron chi connectivity index (χ3n) is 9.19. The van der Waals surface area contributed by atoms with E-state index < -0.39 is 0 Å². The molecule has 204 valence electrons. The Morgan fingerprint density at radius 3 is 1.92 bits per heavy atom. The Hall–Kier alpha value is -2.63. The maximum absolute atomic E-state index is 4.87. The monoisotopic (exact) mass is 513 g/mol. The molecule has 2 N–H and O–H groups in total. The molecular weight excluding hydrogens is 466 g/mol. The first-order valence-electron chi connectivity index (χ1n) is 14.6. The second kappa shape index (κ2) is 10.9. The van der Waals surface area contributed by atoms with Crippen LogP contribution in [0, 0.1) is 0 Å². The zero-order valence-corrected chi connectivity index (χ0v) is 24.8. The van der Waals surface area contributed by atoms with Crippen LogP contribution in [0.4, 0.5) is 0 Å². The van der Waals surface area contributed by atoms with Gasteiger partial charge in [-0.2, -0.15) is 0 Å². The fraction of sp³-hybridized carbons (Fsp3) is 0.545. The molecule has 0 saturated carbocycles. The lowest BCUT2D eigenvalue weighted by molar-refractivity contribution is 0.488. The van der Waals surface area contributed by atoms with Crippen LogP contribution in [0.3, 0.4) is 0 Å². The van der Waals surface area contributed by atoms with E-state index in [0.29, 0.717) is 23.9 Å². The summed E-state index contributed by atoms with van der Waals surface area (Å²) in [5, 5.41) is 9.67. The third-order valence-corrected chi connectivity index (χ3v) is 9.19. The van der Waals surface area contributed by atoms with Gasteiger partial charge in [0.1, 0.15) is 5.65 Å². The van der Waals surface area contributed by atoms with Crippen molar-refractivity contribution in [2.75, 3.05) is 14.1 Å². The Bertz CT molecular complexity index is 1330.